The zero-order valence-corrected chi connectivity index (χ0v) is 15.1. The Morgan fingerprint density at radius 2 is 1.21 bits per heavy atom. The van der Waals surface area contributed by atoms with Crippen LogP contribution in [0, 0.1) is 11.6 Å². The average Bonchev–Trinajstić information content (AvgIpc) is 2.74. The quantitative estimate of drug-likeness (QED) is 0.371. The standard InChI is InChI=1S/C25H18F2O/c26-23-8-4-7-21(15-23)19-9-11-20(12-10-19)22-13-14-25(24(27)16-22)28-17-18-5-2-1-3-6-18/h1-16H,17H2. The predicted octanol–water partition coefficient (Wildman–Crippen LogP) is 6.88. The summed E-state index contributed by atoms with van der Waals surface area (Å²) in [6.45, 7) is 0.319. The summed E-state index contributed by atoms with van der Waals surface area (Å²) in [7, 11) is 0. The second-order valence-electron chi connectivity index (χ2n) is 6.51. The van der Waals surface area contributed by atoms with Crippen LogP contribution in [0.1, 0.15) is 5.56 Å². The fourth-order valence-electron chi connectivity index (χ4n) is 3.06. The molecule has 0 saturated carbocycles. The predicted molar refractivity (Wildman–Crippen MR) is 108 cm³/mol. The van der Waals surface area contributed by atoms with Gasteiger partial charge in [0.25, 0.3) is 0 Å². The smallest absolute Gasteiger partial charge is 0.165 e. The van der Waals surface area contributed by atoms with E-state index in [1.54, 1.807) is 12.1 Å². The van der Waals surface area contributed by atoms with E-state index >= 15 is 0 Å². The molecule has 0 radical (unpaired) electrons. The first-order valence-electron chi connectivity index (χ1n) is 9.02. The molecule has 0 atom stereocenters. The second kappa shape index (κ2) is 8.05. The maximum absolute atomic E-state index is 14.5. The minimum absolute atomic E-state index is 0.226. The van der Waals surface area contributed by atoms with Crippen LogP contribution < -0.4 is 4.74 Å². The molecule has 0 aliphatic rings. The molecule has 0 bridgehead atoms. The summed E-state index contributed by atoms with van der Waals surface area (Å²) in [5, 5.41) is 0. The molecule has 138 valence electrons. The highest BCUT2D eigenvalue weighted by molar-refractivity contribution is 5.70. The molecule has 0 unspecified atom stereocenters. The van der Waals surface area contributed by atoms with Crippen molar-refractivity contribution in [2.45, 2.75) is 6.61 Å². The minimum atomic E-state index is -0.400. The normalized spacial score (nSPS) is 10.6. The van der Waals surface area contributed by atoms with E-state index in [4.69, 9.17) is 4.74 Å². The van der Waals surface area contributed by atoms with Gasteiger partial charge in [0, 0.05) is 0 Å². The fraction of sp³-hybridized carbons (Fsp3) is 0.0400. The van der Waals surface area contributed by atoms with Crippen LogP contribution in [0.4, 0.5) is 8.78 Å². The number of benzene rings is 4. The van der Waals surface area contributed by atoms with Gasteiger partial charge in [-0.25, -0.2) is 8.78 Å². The highest BCUT2D eigenvalue weighted by Crippen LogP contribution is 2.28. The van der Waals surface area contributed by atoms with Crippen molar-refractivity contribution in [2.75, 3.05) is 0 Å². The van der Waals surface area contributed by atoms with Crippen LogP contribution in [0.5, 0.6) is 5.75 Å². The number of hydrogen-bond acceptors (Lipinski definition) is 1. The Kier molecular flexibility index (Phi) is 5.16. The largest absolute Gasteiger partial charge is 0.486 e. The van der Waals surface area contributed by atoms with E-state index in [-0.39, 0.29) is 11.6 Å². The topological polar surface area (TPSA) is 9.23 Å². The van der Waals surface area contributed by atoms with Gasteiger partial charge in [-0.2, -0.15) is 0 Å². The Morgan fingerprint density at radius 3 is 1.86 bits per heavy atom. The van der Waals surface area contributed by atoms with E-state index in [0.29, 0.717) is 6.61 Å². The third kappa shape index (κ3) is 4.09. The highest BCUT2D eigenvalue weighted by Gasteiger charge is 2.07. The first-order chi connectivity index (χ1) is 13.7. The van der Waals surface area contributed by atoms with Crippen LogP contribution in [0.15, 0.2) is 97.1 Å². The van der Waals surface area contributed by atoms with E-state index in [1.165, 1.54) is 18.2 Å². The number of rotatable bonds is 5. The molecule has 0 saturated heterocycles. The van der Waals surface area contributed by atoms with E-state index in [0.717, 1.165) is 27.8 Å². The molecule has 0 aliphatic heterocycles. The molecule has 0 aromatic heterocycles. The zero-order chi connectivity index (χ0) is 19.3. The van der Waals surface area contributed by atoms with Gasteiger partial charge in [-0.05, 0) is 52.1 Å². The van der Waals surface area contributed by atoms with Gasteiger partial charge in [0.05, 0.1) is 0 Å². The Morgan fingerprint density at radius 1 is 0.571 bits per heavy atom. The number of hydrogen-bond donors (Lipinski definition) is 0. The Balaban J connectivity index is 1.51. The van der Waals surface area contributed by atoms with Crippen LogP contribution in [-0.4, -0.2) is 0 Å². The summed E-state index contributed by atoms with van der Waals surface area (Å²) < 4.78 is 33.4. The first kappa shape index (κ1) is 17.9. The lowest BCUT2D eigenvalue weighted by molar-refractivity contribution is 0.290. The van der Waals surface area contributed by atoms with Gasteiger partial charge in [0.2, 0.25) is 0 Å². The number of halogens is 2. The van der Waals surface area contributed by atoms with Gasteiger partial charge in [-0.3, -0.25) is 0 Å². The Bertz CT molecular complexity index is 1070. The molecule has 0 heterocycles. The van der Waals surface area contributed by atoms with Crippen LogP contribution in [-0.2, 0) is 6.61 Å². The third-order valence-electron chi connectivity index (χ3n) is 4.55. The summed E-state index contributed by atoms with van der Waals surface area (Å²) in [5.74, 6) is -0.443. The maximum atomic E-state index is 14.5. The SMILES string of the molecule is Fc1cccc(-c2ccc(-c3ccc(OCc4ccccc4)c(F)c3)cc2)c1. The molecule has 0 N–H and O–H groups in total. The summed E-state index contributed by atoms with van der Waals surface area (Å²) in [6, 6.07) is 28.7. The molecule has 0 amide bonds. The molecule has 4 rings (SSSR count). The molecule has 0 aliphatic carbocycles. The van der Waals surface area contributed by atoms with Crippen molar-refractivity contribution in [1.82, 2.24) is 0 Å². The monoisotopic (exact) mass is 372 g/mol. The van der Waals surface area contributed by atoms with Gasteiger partial charge in [-0.1, -0.05) is 72.8 Å². The van der Waals surface area contributed by atoms with Crippen molar-refractivity contribution >= 4 is 0 Å². The molecule has 0 spiro atoms. The average molecular weight is 372 g/mol. The third-order valence-corrected chi connectivity index (χ3v) is 4.55. The van der Waals surface area contributed by atoms with E-state index in [2.05, 4.69) is 0 Å². The molecule has 4 aromatic carbocycles. The van der Waals surface area contributed by atoms with Gasteiger partial charge >= 0.3 is 0 Å². The Hall–Kier alpha value is -3.46. The second-order valence-corrected chi connectivity index (χ2v) is 6.51. The molecule has 4 aromatic rings. The minimum Gasteiger partial charge on any atom is -0.486 e. The van der Waals surface area contributed by atoms with Gasteiger partial charge in [-0.15, -0.1) is 0 Å². The van der Waals surface area contributed by atoms with Crippen LogP contribution >= 0.6 is 0 Å². The van der Waals surface area contributed by atoms with E-state index in [9.17, 15) is 8.78 Å². The maximum Gasteiger partial charge on any atom is 0.165 e. The van der Waals surface area contributed by atoms with Crippen LogP contribution in [0.3, 0.4) is 0 Å². The van der Waals surface area contributed by atoms with E-state index in [1.807, 2.05) is 66.7 Å². The zero-order valence-electron chi connectivity index (χ0n) is 15.1. The van der Waals surface area contributed by atoms with E-state index < -0.39 is 5.82 Å². The van der Waals surface area contributed by atoms with Gasteiger partial charge in [0.1, 0.15) is 12.4 Å². The summed E-state index contributed by atoms with van der Waals surface area (Å²) >= 11 is 0. The van der Waals surface area contributed by atoms with Crippen LogP contribution in [0.25, 0.3) is 22.3 Å². The van der Waals surface area contributed by atoms with Crippen molar-refractivity contribution in [1.29, 1.82) is 0 Å². The molecule has 0 fully saturated rings. The molecule has 3 heteroatoms. The lowest BCUT2D eigenvalue weighted by atomic mass is 10.00. The van der Waals surface area contributed by atoms with Crippen molar-refractivity contribution in [2.24, 2.45) is 0 Å². The van der Waals surface area contributed by atoms with Crippen molar-refractivity contribution in [3.05, 3.63) is 114 Å². The molecular formula is C25H18F2O. The van der Waals surface area contributed by atoms with Crippen molar-refractivity contribution in [3.8, 4) is 28.0 Å². The van der Waals surface area contributed by atoms with Gasteiger partial charge < -0.3 is 4.74 Å². The number of ether oxygens (including phenoxy) is 1. The highest BCUT2D eigenvalue weighted by atomic mass is 19.1. The van der Waals surface area contributed by atoms with Gasteiger partial charge in [0.15, 0.2) is 11.6 Å². The lowest BCUT2D eigenvalue weighted by Gasteiger charge is -2.10. The lowest BCUT2D eigenvalue weighted by Crippen LogP contribution is -1.97. The summed E-state index contributed by atoms with van der Waals surface area (Å²) in [4.78, 5) is 0. The van der Waals surface area contributed by atoms with Crippen molar-refractivity contribution < 1.29 is 13.5 Å². The molecular weight excluding hydrogens is 354 g/mol. The first-order valence-corrected chi connectivity index (χ1v) is 9.02. The Labute approximate surface area is 162 Å². The molecule has 1 nitrogen and oxygen atoms in total. The summed E-state index contributed by atoms with van der Waals surface area (Å²) in [5.41, 5.74) is 4.34. The van der Waals surface area contributed by atoms with Crippen LogP contribution in [0.2, 0.25) is 0 Å². The fourth-order valence-corrected chi connectivity index (χ4v) is 3.06. The summed E-state index contributed by atoms with van der Waals surface area (Å²) in [6.07, 6.45) is 0. The van der Waals surface area contributed by atoms with Crippen molar-refractivity contribution in [3.63, 3.8) is 0 Å². The molecule has 28 heavy (non-hydrogen) atoms.